The lowest BCUT2D eigenvalue weighted by atomic mass is 10.2. The monoisotopic (exact) mass is 204 g/mol. The van der Waals surface area contributed by atoms with Crippen molar-refractivity contribution in [3.05, 3.63) is 29.6 Å². The third-order valence-electron chi connectivity index (χ3n) is 1.57. The molecule has 4 nitrogen and oxygen atoms in total. The summed E-state index contributed by atoms with van der Waals surface area (Å²) in [5.74, 6) is -0.532. The maximum atomic E-state index is 12.8. The lowest BCUT2D eigenvalue weighted by Crippen LogP contribution is -2.13. The Hall–Kier alpha value is -0.980. The number of rotatable bonds is 2. The Morgan fingerprint density at radius 3 is 2.46 bits per heavy atom. The largest absolute Gasteiger partial charge is 0.326 e. The van der Waals surface area contributed by atoms with E-state index in [9.17, 15) is 12.8 Å². The van der Waals surface area contributed by atoms with Crippen LogP contribution in [0.3, 0.4) is 0 Å². The molecule has 0 fully saturated rings. The van der Waals surface area contributed by atoms with Gasteiger partial charge in [0.25, 0.3) is 0 Å². The summed E-state index contributed by atoms with van der Waals surface area (Å²) in [5.41, 5.74) is 5.32. The van der Waals surface area contributed by atoms with Gasteiger partial charge in [-0.25, -0.2) is 17.9 Å². The number of benzene rings is 1. The zero-order chi connectivity index (χ0) is 10.1. The topological polar surface area (TPSA) is 86.2 Å². The van der Waals surface area contributed by atoms with Gasteiger partial charge in [-0.15, -0.1) is 0 Å². The van der Waals surface area contributed by atoms with E-state index in [4.69, 9.17) is 10.9 Å². The van der Waals surface area contributed by atoms with Crippen molar-refractivity contribution in [3.8, 4) is 0 Å². The quantitative estimate of drug-likeness (QED) is 0.707. The highest BCUT2D eigenvalue weighted by atomic mass is 32.2. The maximum absolute atomic E-state index is 12.8. The van der Waals surface area contributed by atoms with Crippen LogP contribution in [0.4, 0.5) is 4.39 Å². The van der Waals surface area contributed by atoms with Gasteiger partial charge >= 0.3 is 0 Å². The molecule has 0 aromatic heterocycles. The fourth-order valence-electron chi connectivity index (χ4n) is 0.885. The second-order valence-electron chi connectivity index (χ2n) is 2.50. The van der Waals surface area contributed by atoms with Crippen molar-refractivity contribution in [2.24, 2.45) is 10.9 Å². The minimum absolute atomic E-state index is 0.0603. The molecule has 0 spiro atoms. The first kappa shape index (κ1) is 10.1. The molecule has 4 N–H and O–H groups in total. The van der Waals surface area contributed by atoms with E-state index < -0.39 is 15.8 Å². The van der Waals surface area contributed by atoms with Crippen LogP contribution in [0.15, 0.2) is 23.1 Å². The van der Waals surface area contributed by atoms with Crippen molar-refractivity contribution < 1.29 is 12.8 Å². The number of hydrogen-bond donors (Lipinski definition) is 2. The summed E-state index contributed by atoms with van der Waals surface area (Å²) in [7, 11) is -3.77. The molecular formula is C7H9FN2O2S. The lowest BCUT2D eigenvalue weighted by Gasteiger charge is -2.02. The van der Waals surface area contributed by atoms with Crippen LogP contribution in [-0.2, 0) is 16.6 Å². The van der Waals surface area contributed by atoms with Gasteiger partial charge in [0.15, 0.2) is 0 Å². The van der Waals surface area contributed by atoms with Gasteiger partial charge in [-0.2, -0.15) is 0 Å². The van der Waals surface area contributed by atoms with Crippen LogP contribution in [0.5, 0.6) is 0 Å². The lowest BCUT2D eigenvalue weighted by molar-refractivity contribution is 0.593. The predicted octanol–water partition coefficient (Wildman–Crippen LogP) is -0.0682. The van der Waals surface area contributed by atoms with E-state index in [2.05, 4.69) is 0 Å². The minimum Gasteiger partial charge on any atom is -0.326 e. The first-order valence-electron chi connectivity index (χ1n) is 3.46. The normalized spacial score (nSPS) is 11.6. The van der Waals surface area contributed by atoms with E-state index >= 15 is 0 Å². The van der Waals surface area contributed by atoms with Crippen molar-refractivity contribution in [1.82, 2.24) is 0 Å². The third kappa shape index (κ3) is 2.24. The molecule has 0 aliphatic carbocycles. The molecule has 6 heteroatoms. The SMILES string of the molecule is NCc1cc(S(N)(=O)=O)ccc1F. The molecule has 72 valence electrons. The van der Waals surface area contributed by atoms with E-state index in [1.54, 1.807) is 0 Å². The summed E-state index contributed by atoms with van der Waals surface area (Å²) in [5, 5.41) is 4.84. The van der Waals surface area contributed by atoms with Crippen LogP contribution < -0.4 is 10.9 Å². The number of hydrogen-bond acceptors (Lipinski definition) is 3. The highest BCUT2D eigenvalue weighted by Crippen LogP contribution is 2.12. The number of sulfonamides is 1. The molecule has 0 unspecified atom stereocenters. The summed E-state index contributed by atoms with van der Waals surface area (Å²) in [6, 6.07) is 3.26. The Labute approximate surface area is 75.4 Å². The van der Waals surface area contributed by atoms with Crippen molar-refractivity contribution in [1.29, 1.82) is 0 Å². The third-order valence-corrected chi connectivity index (χ3v) is 2.48. The summed E-state index contributed by atoms with van der Waals surface area (Å²) in [6.45, 7) is -0.0603. The molecule has 13 heavy (non-hydrogen) atoms. The van der Waals surface area contributed by atoms with E-state index in [0.717, 1.165) is 18.2 Å². The van der Waals surface area contributed by atoms with Gasteiger partial charge in [0, 0.05) is 12.1 Å². The minimum atomic E-state index is -3.77. The molecule has 0 radical (unpaired) electrons. The van der Waals surface area contributed by atoms with Crippen molar-refractivity contribution in [2.45, 2.75) is 11.4 Å². The van der Waals surface area contributed by atoms with Crippen LogP contribution >= 0.6 is 0 Å². The molecule has 1 aromatic rings. The van der Waals surface area contributed by atoms with Gasteiger partial charge in [-0.3, -0.25) is 0 Å². The van der Waals surface area contributed by atoms with Crippen molar-refractivity contribution in [3.63, 3.8) is 0 Å². The maximum Gasteiger partial charge on any atom is 0.238 e. The number of nitrogens with two attached hydrogens (primary N) is 2. The fraction of sp³-hybridized carbons (Fsp3) is 0.143. The molecular weight excluding hydrogens is 195 g/mol. The van der Waals surface area contributed by atoms with Crippen LogP contribution in [0.25, 0.3) is 0 Å². The van der Waals surface area contributed by atoms with Gasteiger partial charge in [-0.05, 0) is 18.2 Å². The molecule has 0 bridgehead atoms. The van der Waals surface area contributed by atoms with Crippen LogP contribution in [0, 0.1) is 5.82 Å². The standard InChI is InChI=1S/C7H9FN2O2S/c8-7-2-1-6(13(10,11)12)3-5(7)4-9/h1-3H,4,9H2,(H2,10,11,12). The Bertz CT molecular complexity index is 417. The van der Waals surface area contributed by atoms with Crippen LogP contribution in [-0.4, -0.2) is 8.42 Å². The summed E-state index contributed by atoms with van der Waals surface area (Å²) < 4.78 is 34.5. The van der Waals surface area contributed by atoms with Gasteiger partial charge in [0.2, 0.25) is 10.0 Å². The van der Waals surface area contributed by atoms with Crippen LogP contribution in [0.2, 0.25) is 0 Å². The summed E-state index contributed by atoms with van der Waals surface area (Å²) >= 11 is 0. The highest BCUT2D eigenvalue weighted by molar-refractivity contribution is 7.89. The Morgan fingerprint density at radius 1 is 1.38 bits per heavy atom. The number of halogens is 1. The Morgan fingerprint density at radius 2 is 2.00 bits per heavy atom. The first-order chi connectivity index (χ1) is 5.95. The van der Waals surface area contributed by atoms with Gasteiger partial charge < -0.3 is 5.73 Å². The molecule has 0 aliphatic heterocycles. The molecule has 0 heterocycles. The van der Waals surface area contributed by atoms with Crippen LogP contribution in [0.1, 0.15) is 5.56 Å². The second kappa shape index (κ2) is 3.41. The second-order valence-corrected chi connectivity index (χ2v) is 4.06. The predicted molar refractivity (Wildman–Crippen MR) is 45.7 cm³/mol. The Kier molecular flexibility index (Phi) is 2.65. The summed E-state index contributed by atoms with van der Waals surface area (Å²) in [6.07, 6.45) is 0. The average Bonchev–Trinajstić information content (AvgIpc) is 2.03. The highest BCUT2D eigenvalue weighted by Gasteiger charge is 2.10. The number of primary sulfonamides is 1. The van der Waals surface area contributed by atoms with Gasteiger partial charge in [-0.1, -0.05) is 0 Å². The molecule has 1 rings (SSSR count). The van der Waals surface area contributed by atoms with E-state index in [-0.39, 0.29) is 17.0 Å². The molecule has 0 saturated carbocycles. The molecule has 0 aliphatic rings. The Balaban J connectivity index is 3.30. The zero-order valence-corrected chi connectivity index (χ0v) is 7.51. The molecule has 0 atom stereocenters. The zero-order valence-electron chi connectivity index (χ0n) is 6.70. The summed E-state index contributed by atoms with van der Waals surface area (Å²) in [4.78, 5) is -0.130. The molecule has 0 amide bonds. The van der Waals surface area contributed by atoms with Crippen molar-refractivity contribution >= 4 is 10.0 Å². The average molecular weight is 204 g/mol. The van der Waals surface area contributed by atoms with Gasteiger partial charge in [0.1, 0.15) is 5.82 Å². The fourth-order valence-corrected chi connectivity index (χ4v) is 1.45. The van der Waals surface area contributed by atoms with E-state index in [1.165, 1.54) is 0 Å². The molecule has 1 aromatic carbocycles. The first-order valence-corrected chi connectivity index (χ1v) is 5.01. The van der Waals surface area contributed by atoms with Crippen molar-refractivity contribution in [2.75, 3.05) is 0 Å². The molecule has 0 saturated heterocycles. The van der Waals surface area contributed by atoms with Gasteiger partial charge in [0.05, 0.1) is 4.90 Å². The smallest absolute Gasteiger partial charge is 0.238 e. The van der Waals surface area contributed by atoms with E-state index in [1.807, 2.05) is 0 Å². The van der Waals surface area contributed by atoms with E-state index in [0.29, 0.717) is 0 Å².